The molecule has 1 aromatic rings. The molecule has 106 valence electrons. The minimum Gasteiger partial charge on any atom is -0.391 e. The first-order valence-electron chi connectivity index (χ1n) is 6.41. The number of benzene rings is 1. The first-order valence-corrected chi connectivity index (χ1v) is 7.67. The predicted octanol–water partition coefficient (Wildman–Crippen LogP) is 3.10. The third-order valence-corrected chi connectivity index (χ3v) is 4.26. The van der Waals surface area contributed by atoms with E-state index in [1.54, 1.807) is 6.07 Å². The summed E-state index contributed by atoms with van der Waals surface area (Å²) in [5.41, 5.74) is 0. The molecule has 2 unspecified atom stereocenters. The lowest BCUT2D eigenvalue weighted by molar-refractivity contribution is -0.120. The Kier molecular flexibility index (Phi) is 7.28. The number of carbonyl (C=O) groups excluding carboxylic acids is 1. The summed E-state index contributed by atoms with van der Waals surface area (Å²) in [6.07, 6.45) is 1.14. The van der Waals surface area contributed by atoms with E-state index in [9.17, 15) is 9.90 Å². The van der Waals surface area contributed by atoms with E-state index in [-0.39, 0.29) is 11.2 Å². The van der Waals surface area contributed by atoms with Gasteiger partial charge in [-0.3, -0.25) is 4.79 Å². The van der Waals surface area contributed by atoms with Gasteiger partial charge < -0.3 is 10.4 Å². The number of rotatable bonds is 7. The number of carbonyl (C=O) groups is 1. The Morgan fingerprint density at radius 1 is 1.47 bits per heavy atom. The first-order chi connectivity index (χ1) is 9.04. The quantitative estimate of drug-likeness (QED) is 0.761. The molecule has 0 heterocycles. The number of aliphatic hydroxyl groups excluding tert-OH is 1. The molecule has 0 spiro atoms. The SMILES string of the molecule is CCCC(O)CNC(=O)C(C)Sc1ccccc1Cl. The predicted molar refractivity (Wildman–Crippen MR) is 80.7 cm³/mol. The number of nitrogens with one attached hydrogen (secondary N) is 1. The van der Waals surface area contributed by atoms with E-state index in [0.717, 1.165) is 11.3 Å². The van der Waals surface area contributed by atoms with Gasteiger partial charge in [0, 0.05) is 11.4 Å². The van der Waals surface area contributed by atoms with Crippen molar-refractivity contribution in [1.29, 1.82) is 0 Å². The van der Waals surface area contributed by atoms with Gasteiger partial charge >= 0.3 is 0 Å². The van der Waals surface area contributed by atoms with Gasteiger partial charge in [0.15, 0.2) is 0 Å². The maximum Gasteiger partial charge on any atom is 0.233 e. The van der Waals surface area contributed by atoms with E-state index in [4.69, 9.17) is 11.6 Å². The maximum atomic E-state index is 11.9. The van der Waals surface area contributed by atoms with E-state index in [1.807, 2.05) is 32.0 Å². The molecular formula is C14H20ClNO2S. The molecule has 0 aliphatic carbocycles. The van der Waals surface area contributed by atoms with E-state index in [1.165, 1.54) is 11.8 Å². The summed E-state index contributed by atoms with van der Waals surface area (Å²) in [5, 5.41) is 12.7. The second kappa shape index (κ2) is 8.46. The fourth-order valence-corrected chi connectivity index (χ4v) is 2.76. The van der Waals surface area contributed by atoms with Crippen molar-refractivity contribution in [2.24, 2.45) is 0 Å². The third-order valence-electron chi connectivity index (χ3n) is 2.64. The average molecular weight is 302 g/mol. The zero-order chi connectivity index (χ0) is 14.3. The van der Waals surface area contributed by atoms with Crippen LogP contribution >= 0.6 is 23.4 Å². The highest BCUT2D eigenvalue weighted by Gasteiger charge is 2.16. The Morgan fingerprint density at radius 3 is 2.79 bits per heavy atom. The van der Waals surface area contributed by atoms with Crippen molar-refractivity contribution < 1.29 is 9.90 Å². The van der Waals surface area contributed by atoms with Crippen molar-refractivity contribution in [3.8, 4) is 0 Å². The van der Waals surface area contributed by atoms with Gasteiger partial charge in [-0.15, -0.1) is 11.8 Å². The molecule has 0 radical (unpaired) electrons. The Morgan fingerprint density at radius 2 is 2.16 bits per heavy atom. The summed E-state index contributed by atoms with van der Waals surface area (Å²) in [4.78, 5) is 12.8. The van der Waals surface area contributed by atoms with Gasteiger partial charge in [-0.25, -0.2) is 0 Å². The first kappa shape index (κ1) is 16.3. The molecule has 1 aromatic carbocycles. The molecule has 3 nitrogen and oxygen atoms in total. The number of halogens is 1. The van der Waals surface area contributed by atoms with Crippen molar-refractivity contribution in [3.63, 3.8) is 0 Å². The molecule has 0 saturated carbocycles. The van der Waals surface area contributed by atoms with Crippen molar-refractivity contribution in [2.75, 3.05) is 6.54 Å². The lowest BCUT2D eigenvalue weighted by atomic mass is 10.2. The van der Waals surface area contributed by atoms with E-state index in [2.05, 4.69) is 5.32 Å². The number of amides is 1. The van der Waals surface area contributed by atoms with Gasteiger partial charge in [0.2, 0.25) is 5.91 Å². The molecule has 0 saturated heterocycles. The minimum absolute atomic E-state index is 0.0833. The Balaban J connectivity index is 2.43. The van der Waals surface area contributed by atoms with Crippen LogP contribution in [0.15, 0.2) is 29.2 Å². The topological polar surface area (TPSA) is 49.3 Å². The lowest BCUT2D eigenvalue weighted by Gasteiger charge is -2.15. The summed E-state index contributed by atoms with van der Waals surface area (Å²) >= 11 is 7.47. The second-order valence-electron chi connectivity index (χ2n) is 4.38. The van der Waals surface area contributed by atoms with Gasteiger partial charge in [-0.2, -0.15) is 0 Å². The monoisotopic (exact) mass is 301 g/mol. The third kappa shape index (κ3) is 5.85. The zero-order valence-corrected chi connectivity index (χ0v) is 12.8. The summed E-state index contributed by atoms with van der Waals surface area (Å²) < 4.78 is 0. The molecule has 19 heavy (non-hydrogen) atoms. The van der Waals surface area contributed by atoms with Crippen molar-refractivity contribution in [1.82, 2.24) is 5.32 Å². The number of thioether (sulfide) groups is 1. The molecule has 0 fully saturated rings. The Labute approximate surface area is 123 Å². The minimum atomic E-state index is -0.466. The number of aliphatic hydroxyl groups is 1. The largest absolute Gasteiger partial charge is 0.391 e. The average Bonchev–Trinajstić information content (AvgIpc) is 2.39. The molecule has 0 aromatic heterocycles. The van der Waals surface area contributed by atoms with Crippen LogP contribution in [-0.2, 0) is 4.79 Å². The zero-order valence-electron chi connectivity index (χ0n) is 11.2. The van der Waals surface area contributed by atoms with Crippen LogP contribution in [0.3, 0.4) is 0 Å². The Hall–Kier alpha value is -0.710. The highest BCUT2D eigenvalue weighted by Crippen LogP contribution is 2.29. The summed E-state index contributed by atoms with van der Waals surface area (Å²) in [6.45, 7) is 4.14. The van der Waals surface area contributed by atoms with Gasteiger partial charge in [0.25, 0.3) is 0 Å². The molecule has 0 aliphatic heterocycles. The Bertz CT molecular complexity index is 414. The highest BCUT2D eigenvalue weighted by atomic mass is 35.5. The van der Waals surface area contributed by atoms with Crippen LogP contribution in [0, 0.1) is 0 Å². The van der Waals surface area contributed by atoms with Crippen molar-refractivity contribution in [3.05, 3.63) is 29.3 Å². The second-order valence-corrected chi connectivity index (χ2v) is 6.17. The fourth-order valence-electron chi connectivity index (χ4n) is 1.58. The van der Waals surface area contributed by atoms with Gasteiger partial charge in [-0.1, -0.05) is 37.1 Å². The van der Waals surface area contributed by atoms with Crippen LogP contribution in [0.25, 0.3) is 0 Å². The van der Waals surface area contributed by atoms with Crippen LogP contribution < -0.4 is 5.32 Å². The van der Waals surface area contributed by atoms with Crippen LogP contribution in [-0.4, -0.2) is 28.9 Å². The van der Waals surface area contributed by atoms with Gasteiger partial charge in [-0.05, 0) is 25.5 Å². The van der Waals surface area contributed by atoms with Gasteiger partial charge in [0.1, 0.15) is 0 Å². The summed E-state index contributed by atoms with van der Waals surface area (Å²) in [5.74, 6) is -0.0833. The van der Waals surface area contributed by atoms with E-state index >= 15 is 0 Å². The highest BCUT2D eigenvalue weighted by molar-refractivity contribution is 8.00. The number of hydrogen-bond acceptors (Lipinski definition) is 3. The van der Waals surface area contributed by atoms with Crippen molar-refractivity contribution in [2.45, 2.75) is 42.9 Å². The maximum absolute atomic E-state index is 11.9. The van der Waals surface area contributed by atoms with Crippen LogP contribution in [0.1, 0.15) is 26.7 Å². The van der Waals surface area contributed by atoms with Crippen LogP contribution in [0.2, 0.25) is 5.02 Å². The van der Waals surface area contributed by atoms with E-state index < -0.39 is 6.10 Å². The normalized spacial score (nSPS) is 13.9. The summed E-state index contributed by atoms with van der Waals surface area (Å²) in [6, 6.07) is 7.45. The fraction of sp³-hybridized carbons (Fsp3) is 0.500. The molecule has 0 aliphatic rings. The lowest BCUT2D eigenvalue weighted by Crippen LogP contribution is -2.36. The molecule has 1 rings (SSSR count). The molecule has 5 heteroatoms. The standard InChI is InChI=1S/C14H20ClNO2S/c1-3-6-11(17)9-16-14(18)10(2)19-13-8-5-4-7-12(13)15/h4-5,7-8,10-11,17H,3,6,9H2,1-2H3,(H,16,18). The number of hydrogen-bond donors (Lipinski definition) is 2. The molecule has 2 N–H and O–H groups in total. The molecule has 2 atom stereocenters. The van der Waals surface area contributed by atoms with Crippen molar-refractivity contribution >= 4 is 29.3 Å². The molecular weight excluding hydrogens is 282 g/mol. The molecule has 0 bridgehead atoms. The van der Waals surface area contributed by atoms with Crippen LogP contribution in [0.5, 0.6) is 0 Å². The van der Waals surface area contributed by atoms with E-state index in [0.29, 0.717) is 18.0 Å². The van der Waals surface area contributed by atoms with Gasteiger partial charge in [0.05, 0.1) is 16.4 Å². The van der Waals surface area contributed by atoms with Crippen LogP contribution in [0.4, 0.5) is 0 Å². The summed E-state index contributed by atoms with van der Waals surface area (Å²) in [7, 11) is 0. The molecule has 1 amide bonds. The smallest absolute Gasteiger partial charge is 0.233 e.